The van der Waals surface area contributed by atoms with Gasteiger partial charge in [0.2, 0.25) is 0 Å². The molecule has 1 N–H and O–H groups in total. The van der Waals surface area contributed by atoms with Crippen molar-refractivity contribution in [1.29, 1.82) is 0 Å². The maximum Gasteiger partial charge on any atom is 0.182 e. The van der Waals surface area contributed by atoms with E-state index in [0.717, 1.165) is 11.8 Å². The summed E-state index contributed by atoms with van der Waals surface area (Å²) >= 11 is 0. The van der Waals surface area contributed by atoms with E-state index in [4.69, 9.17) is 0 Å². The lowest BCUT2D eigenvalue weighted by Gasteiger charge is -2.09. The minimum absolute atomic E-state index is 0.177. The number of halogens is 3. The Bertz CT molecular complexity index is 535. The molecule has 0 saturated carbocycles. The van der Waals surface area contributed by atoms with Gasteiger partial charge < -0.3 is 9.88 Å². The van der Waals surface area contributed by atoms with Crippen LogP contribution in [0.3, 0.4) is 0 Å². The smallest absolute Gasteiger partial charge is 0.182 e. The van der Waals surface area contributed by atoms with Crippen molar-refractivity contribution in [3.63, 3.8) is 0 Å². The average molecular weight is 240 g/mol. The lowest BCUT2D eigenvalue weighted by molar-refractivity contribution is 0.497. The summed E-state index contributed by atoms with van der Waals surface area (Å²) in [5.41, 5.74) is 0.706. The van der Waals surface area contributed by atoms with E-state index in [1.165, 1.54) is 0 Å². The second-order valence-electron chi connectivity index (χ2n) is 3.71. The molecule has 0 aliphatic rings. The van der Waals surface area contributed by atoms with Crippen LogP contribution in [0.25, 0.3) is 0 Å². The maximum atomic E-state index is 13.3. The van der Waals surface area contributed by atoms with E-state index in [1.54, 1.807) is 0 Å². The molecule has 0 aliphatic heterocycles. The van der Waals surface area contributed by atoms with Gasteiger partial charge in [0, 0.05) is 31.1 Å². The van der Waals surface area contributed by atoms with Crippen LogP contribution in [0, 0.1) is 17.5 Å². The first-order chi connectivity index (χ1) is 8.08. The summed E-state index contributed by atoms with van der Waals surface area (Å²) in [6, 6.07) is 5.12. The standard InChI is InChI=1S/C12H11F3N2/c1-17-4-2-3-9(17)7-16-11-6-8(13)5-10(14)12(11)15/h2-6,16H,7H2,1H3. The SMILES string of the molecule is Cn1cccc1CNc1cc(F)cc(F)c1F. The highest BCUT2D eigenvalue weighted by Gasteiger charge is 2.10. The van der Waals surface area contributed by atoms with Gasteiger partial charge in [-0.2, -0.15) is 0 Å². The van der Waals surface area contributed by atoms with E-state index in [2.05, 4.69) is 5.32 Å². The normalized spacial score (nSPS) is 10.6. The largest absolute Gasteiger partial charge is 0.377 e. The third kappa shape index (κ3) is 2.43. The Kier molecular flexibility index (Phi) is 3.08. The summed E-state index contributed by atoms with van der Waals surface area (Å²) < 4.78 is 41.0. The molecule has 0 unspecified atom stereocenters. The molecule has 0 amide bonds. The molecule has 0 fully saturated rings. The summed E-state index contributed by atoms with van der Waals surface area (Å²) in [6.07, 6.45) is 1.83. The van der Waals surface area contributed by atoms with Crippen molar-refractivity contribution in [2.45, 2.75) is 6.54 Å². The molecule has 90 valence electrons. The minimum Gasteiger partial charge on any atom is -0.377 e. The van der Waals surface area contributed by atoms with Crippen molar-refractivity contribution in [1.82, 2.24) is 4.57 Å². The fraction of sp³-hybridized carbons (Fsp3) is 0.167. The van der Waals surface area contributed by atoms with Crippen LogP contribution in [0.5, 0.6) is 0 Å². The molecule has 0 saturated heterocycles. The number of rotatable bonds is 3. The van der Waals surface area contributed by atoms with E-state index in [0.29, 0.717) is 12.6 Å². The Morgan fingerprint density at radius 2 is 2.00 bits per heavy atom. The molecule has 0 atom stereocenters. The molecule has 0 spiro atoms. The summed E-state index contributed by atoms with van der Waals surface area (Å²) in [5, 5.41) is 2.66. The zero-order chi connectivity index (χ0) is 12.4. The first-order valence-electron chi connectivity index (χ1n) is 5.06. The van der Waals surface area contributed by atoms with E-state index in [9.17, 15) is 13.2 Å². The van der Waals surface area contributed by atoms with Gasteiger partial charge in [-0.25, -0.2) is 13.2 Å². The number of anilines is 1. The highest BCUT2D eigenvalue weighted by atomic mass is 19.2. The van der Waals surface area contributed by atoms with Crippen LogP contribution in [0.15, 0.2) is 30.5 Å². The number of hydrogen-bond donors (Lipinski definition) is 1. The molecule has 2 aromatic rings. The Morgan fingerprint density at radius 1 is 1.24 bits per heavy atom. The summed E-state index contributed by atoms with van der Waals surface area (Å²) in [4.78, 5) is 0. The summed E-state index contributed by atoms with van der Waals surface area (Å²) in [6.45, 7) is 0.295. The molecular formula is C12H11F3N2. The molecule has 2 nitrogen and oxygen atoms in total. The monoisotopic (exact) mass is 240 g/mol. The maximum absolute atomic E-state index is 13.3. The molecule has 1 aromatic carbocycles. The van der Waals surface area contributed by atoms with Gasteiger partial charge in [-0.05, 0) is 12.1 Å². The van der Waals surface area contributed by atoms with Crippen LogP contribution in [0.4, 0.5) is 18.9 Å². The quantitative estimate of drug-likeness (QED) is 0.816. The molecule has 0 bridgehead atoms. The molecule has 0 aliphatic carbocycles. The molecule has 17 heavy (non-hydrogen) atoms. The summed E-state index contributed by atoms with van der Waals surface area (Å²) in [7, 11) is 1.83. The lowest BCUT2D eigenvalue weighted by atomic mass is 10.2. The first kappa shape index (κ1) is 11.6. The van der Waals surface area contributed by atoms with Crippen LogP contribution in [0.1, 0.15) is 5.69 Å². The third-order valence-corrected chi connectivity index (χ3v) is 2.50. The number of aryl methyl sites for hydroxylation is 1. The van der Waals surface area contributed by atoms with Crippen molar-refractivity contribution in [3.8, 4) is 0 Å². The first-order valence-corrected chi connectivity index (χ1v) is 5.06. The van der Waals surface area contributed by atoms with Gasteiger partial charge >= 0.3 is 0 Å². The highest BCUT2D eigenvalue weighted by Crippen LogP contribution is 2.19. The zero-order valence-corrected chi connectivity index (χ0v) is 9.17. The van der Waals surface area contributed by atoms with Gasteiger partial charge in [0.05, 0.1) is 12.2 Å². The van der Waals surface area contributed by atoms with Crippen LogP contribution < -0.4 is 5.32 Å². The number of nitrogens with one attached hydrogen (secondary N) is 1. The fourth-order valence-corrected chi connectivity index (χ4v) is 1.55. The number of nitrogens with zero attached hydrogens (tertiary/aromatic N) is 1. The second kappa shape index (κ2) is 4.53. The van der Waals surface area contributed by atoms with Gasteiger partial charge in [-0.3, -0.25) is 0 Å². The number of benzene rings is 1. The minimum atomic E-state index is -1.20. The van der Waals surface area contributed by atoms with Crippen molar-refractivity contribution in [2.24, 2.45) is 7.05 Å². The van der Waals surface area contributed by atoms with E-state index < -0.39 is 17.5 Å². The Hall–Kier alpha value is -1.91. The second-order valence-corrected chi connectivity index (χ2v) is 3.71. The van der Waals surface area contributed by atoms with E-state index >= 15 is 0 Å². The van der Waals surface area contributed by atoms with Crippen LogP contribution in [-0.4, -0.2) is 4.57 Å². The molecule has 1 heterocycles. The predicted molar refractivity (Wildman–Crippen MR) is 59.1 cm³/mol. The van der Waals surface area contributed by atoms with Gasteiger partial charge in [-0.1, -0.05) is 0 Å². The van der Waals surface area contributed by atoms with Gasteiger partial charge in [0.1, 0.15) is 5.82 Å². The average Bonchev–Trinajstić information content (AvgIpc) is 2.67. The van der Waals surface area contributed by atoms with Gasteiger partial charge in [0.25, 0.3) is 0 Å². The topological polar surface area (TPSA) is 17.0 Å². The highest BCUT2D eigenvalue weighted by molar-refractivity contribution is 5.45. The van der Waals surface area contributed by atoms with E-state index in [-0.39, 0.29) is 5.69 Å². The predicted octanol–water partition coefficient (Wildman–Crippen LogP) is 3.05. The van der Waals surface area contributed by atoms with Crippen LogP contribution >= 0.6 is 0 Å². The molecule has 1 aromatic heterocycles. The van der Waals surface area contributed by atoms with Crippen molar-refractivity contribution in [3.05, 3.63) is 53.6 Å². The van der Waals surface area contributed by atoms with E-state index in [1.807, 2.05) is 29.9 Å². The van der Waals surface area contributed by atoms with Crippen molar-refractivity contribution in [2.75, 3.05) is 5.32 Å². The molecule has 5 heteroatoms. The van der Waals surface area contributed by atoms with Crippen LogP contribution in [-0.2, 0) is 13.6 Å². The molecular weight excluding hydrogens is 229 g/mol. The third-order valence-electron chi connectivity index (χ3n) is 2.50. The Labute approximate surface area is 96.7 Å². The molecule has 2 rings (SSSR count). The number of aromatic nitrogens is 1. The summed E-state index contributed by atoms with van der Waals surface area (Å²) in [5.74, 6) is -3.07. The zero-order valence-electron chi connectivity index (χ0n) is 9.17. The Morgan fingerprint density at radius 3 is 2.65 bits per heavy atom. The van der Waals surface area contributed by atoms with Crippen molar-refractivity contribution >= 4 is 5.69 Å². The lowest BCUT2D eigenvalue weighted by Crippen LogP contribution is -2.06. The Balaban J connectivity index is 2.17. The number of hydrogen-bond acceptors (Lipinski definition) is 1. The van der Waals surface area contributed by atoms with Crippen LogP contribution in [0.2, 0.25) is 0 Å². The van der Waals surface area contributed by atoms with Gasteiger partial charge in [0.15, 0.2) is 11.6 Å². The van der Waals surface area contributed by atoms with Crippen molar-refractivity contribution < 1.29 is 13.2 Å². The fourth-order valence-electron chi connectivity index (χ4n) is 1.55. The molecule has 0 radical (unpaired) electrons. The van der Waals surface area contributed by atoms with Gasteiger partial charge in [-0.15, -0.1) is 0 Å².